The van der Waals surface area contributed by atoms with E-state index in [1.165, 1.54) is 12.8 Å². The van der Waals surface area contributed by atoms with Gasteiger partial charge in [0.1, 0.15) is 23.6 Å². The first kappa shape index (κ1) is 28.5. The van der Waals surface area contributed by atoms with E-state index in [1.54, 1.807) is 0 Å². The van der Waals surface area contributed by atoms with Crippen LogP contribution in [0.3, 0.4) is 0 Å². The van der Waals surface area contributed by atoms with Crippen LogP contribution in [0.15, 0.2) is 11.1 Å². The van der Waals surface area contributed by atoms with Crippen LogP contribution in [0, 0.1) is 40.4 Å². The predicted molar refractivity (Wildman–Crippen MR) is 154 cm³/mol. The number of carbonyl (C=O) groups excluding carboxylic acids is 2. The first-order valence-corrected chi connectivity index (χ1v) is 16.7. The number of ether oxygens (including phenoxy) is 2. The molecule has 4 aliphatic carbocycles. The van der Waals surface area contributed by atoms with Gasteiger partial charge in [0, 0.05) is 18.9 Å². The van der Waals surface area contributed by atoms with Gasteiger partial charge < -0.3 is 19.7 Å². The fourth-order valence-electron chi connectivity index (χ4n) is 11.8. The van der Waals surface area contributed by atoms with Gasteiger partial charge in [0.05, 0.1) is 23.7 Å². The number of hydrogen-bond acceptors (Lipinski definition) is 7. The number of hydrogen-bond donors (Lipinski definition) is 2. The van der Waals surface area contributed by atoms with Gasteiger partial charge in [-0.3, -0.25) is 9.69 Å². The van der Waals surface area contributed by atoms with Crippen LogP contribution in [-0.2, 0) is 19.1 Å². The van der Waals surface area contributed by atoms with Crippen molar-refractivity contribution in [1.29, 1.82) is 0 Å². The maximum Gasteiger partial charge on any atom is 0.336 e. The van der Waals surface area contributed by atoms with Crippen molar-refractivity contribution in [2.45, 2.75) is 128 Å². The van der Waals surface area contributed by atoms with Crippen LogP contribution in [0.25, 0.3) is 0 Å². The Morgan fingerprint density at radius 2 is 1.76 bits per heavy atom. The van der Waals surface area contributed by atoms with Gasteiger partial charge in [-0.15, -0.1) is 0 Å². The molecule has 0 aromatic heterocycles. The molecule has 7 heteroatoms. The van der Waals surface area contributed by atoms with Crippen molar-refractivity contribution in [3.05, 3.63) is 11.1 Å². The zero-order valence-corrected chi connectivity index (χ0v) is 25.6. The molecular weight excluding hydrogens is 518 g/mol. The van der Waals surface area contributed by atoms with E-state index in [0.29, 0.717) is 42.0 Å². The molecule has 3 aliphatic heterocycles. The van der Waals surface area contributed by atoms with E-state index < -0.39 is 17.1 Å². The summed E-state index contributed by atoms with van der Waals surface area (Å²) in [6, 6.07) is -0.108. The number of rotatable bonds is 4. The number of carbonyl (C=O) groups is 2. The molecule has 7 aliphatic rings. The van der Waals surface area contributed by atoms with E-state index in [1.807, 2.05) is 6.92 Å². The second kappa shape index (κ2) is 9.87. The molecule has 3 heterocycles. The minimum absolute atomic E-state index is 0.0229. The lowest BCUT2D eigenvalue weighted by Crippen LogP contribution is -2.70. The fourth-order valence-corrected chi connectivity index (χ4v) is 11.8. The van der Waals surface area contributed by atoms with Crippen LogP contribution in [0.1, 0.15) is 98.3 Å². The molecule has 12 atom stereocenters. The van der Waals surface area contributed by atoms with Crippen molar-refractivity contribution in [2.24, 2.45) is 40.4 Å². The number of Topliss-reactive ketones (excluding diaryl/α,β-unsaturated/α-hetero) is 1. The normalized spacial score (nSPS) is 50.7. The smallest absolute Gasteiger partial charge is 0.336 e. The molecule has 7 rings (SSSR count). The number of esters is 1. The first-order chi connectivity index (χ1) is 19.6. The molecule has 2 saturated heterocycles. The lowest BCUT2D eigenvalue weighted by Gasteiger charge is -2.60. The van der Waals surface area contributed by atoms with Crippen LogP contribution in [0.2, 0.25) is 0 Å². The summed E-state index contributed by atoms with van der Waals surface area (Å²) in [5.74, 6) is 1.87. The third-order valence-electron chi connectivity index (χ3n) is 14.1. The van der Waals surface area contributed by atoms with Gasteiger partial charge in [-0.2, -0.15) is 0 Å². The summed E-state index contributed by atoms with van der Waals surface area (Å²) in [7, 11) is 0. The Hall–Kier alpha value is -1.28. The Balaban J connectivity index is 1.12. The van der Waals surface area contributed by atoms with Gasteiger partial charge in [-0.1, -0.05) is 32.3 Å². The Bertz CT molecular complexity index is 1130. The van der Waals surface area contributed by atoms with Crippen molar-refractivity contribution >= 4 is 11.8 Å². The van der Waals surface area contributed by atoms with E-state index in [9.17, 15) is 19.8 Å². The highest BCUT2D eigenvalue weighted by atomic mass is 16.6. The lowest BCUT2D eigenvalue weighted by molar-refractivity contribution is -0.175. The molecular formula is C34H51NO6. The number of nitrogens with zero attached hydrogens (tertiary/aromatic N) is 1. The highest BCUT2D eigenvalue weighted by Crippen LogP contribution is 2.74. The van der Waals surface area contributed by atoms with Crippen molar-refractivity contribution in [3.8, 4) is 0 Å². The summed E-state index contributed by atoms with van der Waals surface area (Å²) in [5.41, 5.74) is 0.196. The average molecular weight is 570 g/mol. The molecule has 0 bridgehead atoms. The SMILES string of the molecule is CC1=C(CO)C(=O)OC(C(C)C2CCC3C4CC5OC56C(O)C(N5CCCCCC5)CC(=O)C6(C)C4CCC23C)C1. The van der Waals surface area contributed by atoms with Crippen molar-refractivity contribution in [3.63, 3.8) is 0 Å². The number of aliphatic hydroxyl groups is 2. The number of likely N-dealkylation sites (tertiary alicyclic amines) is 1. The van der Waals surface area contributed by atoms with Crippen LogP contribution in [-0.4, -0.2) is 76.5 Å². The molecule has 6 fully saturated rings. The minimum Gasteiger partial charge on any atom is -0.458 e. The number of fused-ring (bicyclic) bond motifs is 4. The highest BCUT2D eigenvalue weighted by Gasteiger charge is 2.82. The van der Waals surface area contributed by atoms with Crippen LogP contribution in [0.5, 0.6) is 0 Å². The van der Waals surface area contributed by atoms with Gasteiger partial charge in [0.25, 0.3) is 0 Å². The van der Waals surface area contributed by atoms with E-state index in [4.69, 9.17) is 9.47 Å². The van der Waals surface area contributed by atoms with E-state index in [-0.39, 0.29) is 48.1 Å². The molecule has 0 aromatic rings. The standard InChI is InChI=1S/C34H51NO6/c1-19-15-27(40-31(39)22(19)18-36)20(2)23-9-10-24-21-16-29-34(41-29)30(38)26(35-13-7-5-6-8-14-35)17-28(37)33(34,4)25(21)11-12-32(23,24)3/h20-21,23-27,29-30,36,38H,5-18H2,1-4H3. The van der Waals surface area contributed by atoms with Gasteiger partial charge in [0.15, 0.2) is 0 Å². The first-order valence-electron chi connectivity index (χ1n) is 16.7. The number of epoxide rings is 1. The maximum atomic E-state index is 14.3. The Morgan fingerprint density at radius 1 is 1.02 bits per heavy atom. The van der Waals surface area contributed by atoms with Crippen molar-refractivity contribution < 1.29 is 29.3 Å². The van der Waals surface area contributed by atoms with Crippen molar-refractivity contribution in [2.75, 3.05) is 19.7 Å². The largest absolute Gasteiger partial charge is 0.458 e. The summed E-state index contributed by atoms with van der Waals surface area (Å²) in [4.78, 5) is 29.3. The van der Waals surface area contributed by atoms with Crippen molar-refractivity contribution in [1.82, 2.24) is 4.90 Å². The molecule has 12 unspecified atom stereocenters. The third kappa shape index (κ3) is 3.83. The Labute approximate surface area is 245 Å². The summed E-state index contributed by atoms with van der Waals surface area (Å²) < 4.78 is 12.5. The summed E-state index contributed by atoms with van der Waals surface area (Å²) in [6.07, 6.45) is 10.5. The second-order valence-corrected chi connectivity index (χ2v) is 15.5. The Kier molecular flexibility index (Phi) is 6.86. The zero-order valence-electron chi connectivity index (χ0n) is 25.6. The van der Waals surface area contributed by atoms with E-state index >= 15 is 0 Å². The Morgan fingerprint density at radius 3 is 2.44 bits per heavy atom. The average Bonchev–Trinajstić information content (AvgIpc) is 3.65. The molecule has 228 valence electrons. The van der Waals surface area contributed by atoms with E-state index in [0.717, 1.165) is 63.6 Å². The van der Waals surface area contributed by atoms with E-state index in [2.05, 4.69) is 25.7 Å². The number of cyclic esters (lactones) is 1. The highest BCUT2D eigenvalue weighted by molar-refractivity contribution is 5.90. The number of aliphatic hydroxyl groups excluding tert-OH is 2. The fraction of sp³-hybridized carbons (Fsp3) is 0.882. The van der Waals surface area contributed by atoms with Crippen LogP contribution >= 0.6 is 0 Å². The molecule has 1 spiro atoms. The third-order valence-corrected chi connectivity index (χ3v) is 14.1. The molecule has 41 heavy (non-hydrogen) atoms. The lowest BCUT2D eigenvalue weighted by atomic mass is 9.43. The molecule has 7 nitrogen and oxygen atoms in total. The minimum atomic E-state index is -0.704. The zero-order chi connectivity index (χ0) is 28.9. The van der Waals surface area contributed by atoms with Gasteiger partial charge in [-0.05, 0) is 107 Å². The van der Waals surface area contributed by atoms with Crippen LogP contribution < -0.4 is 0 Å². The number of ketones is 1. The summed E-state index contributed by atoms with van der Waals surface area (Å²) in [5, 5.41) is 21.6. The quantitative estimate of drug-likeness (QED) is 0.382. The molecule has 2 N–H and O–H groups in total. The predicted octanol–water partition coefficient (Wildman–Crippen LogP) is 4.43. The van der Waals surface area contributed by atoms with Gasteiger partial charge in [0.2, 0.25) is 0 Å². The van der Waals surface area contributed by atoms with Gasteiger partial charge >= 0.3 is 5.97 Å². The second-order valence-electron chi connectivity index (χ2n) is 15.5. The molecule has 0 amide bonds. The molecule has 4 saturated carbocycles. The maximum absolute atomic E-state index is 14.3. The summed E-state index contributed by atoms with van der Waals surface area (Å²) in [6.45, 7) is 10.6. The molecule has 0 aromatic carbocycles. The van der Waals surface area contributed by atoms with Gasteiger partial charge in [-0.25, -0.2) is 4.79 Å². The topological polar surface area (TPSA) is 99.6 Å². The molecule has 0 radical (unpaired) electrons. The summed E-state index contributed by atoms with van der Waals surface area (Å²) >= 11 is 0. The monoisotopic (exact) mass is 569 g/mol. The van der Waals surface area contributed by atoms with Crippen LogP contribution in [0.4, 0.5) is 0 Å².